The van der Waals surface area contributed by atoms with E-state index >= 15 is 0 Å². The van der Waals surface area contributed by atoms with Gasteiger partial charge in [0, 0.05) is 18.5 Å². The summed E-state index contributed by atoms with van der Waals surface area (Å²) >= 11 is 0. The summed E-state index contributed by atoms with van der Waals surface area (Å²) in [5.41, 5.74) is 7.42. The van der Waals surface area contributed by atoms with Crippen LogP contribution in [0.1, 0.15) is 31.9 Å². The average molecular weight is 381 g/mol. The highest BCUT2D eigenvalue weighted by molar-refractivity contribution is 5.85. The summed E-state index contributed by atoms with van der Waals surface area (Å²) in [4.78, 5) is 15.4. The van der Waals surface area contributed by atoms with Gasteiger partial charge in [0.2, 0.25) is 5.91 Å². The van der Waals surface area contributed by atoms with E-state index in [9.17, 15) is 4.79 Å². The van der Waals surface area contributed by atoms with Crippen LogP contribution in [0.15, 0.2) is 30.3 Å². The molecule has 3 aliphatic rings. The van der Waals surface area contributed by atoms with Crippen LogP contribution in [-0.2, 0) is 9.53 Å². The maximum atomic E-state index is 13.4. The molecule has 0 saturated carbocycles. The maximum Gasteiger partial charge on any atom is 0.242 e. The summed E-state index contributed by atoms with van der Waals surface area (Å²) in [7, 11) is 0. The van der Waals surface area contributed by atoms with Crippen molar-refractivity contribution < 1.29 is 9.53 Å². The Morgan fingerprint density at radius 2 is 2.00 bits per heavy atom. The Labute approximate surface area is 161 Å². The number of carbonyl (C=O) groups excluding carboxylic acids is 1. The minimum atomic E-state index is -0.301. The minimum absolute atomic E-state index is 0. The number of rotatable bonds is 2. The largest absolute Gasteiger partial charge is 0.369 e. The van der Waals surface area contributed by atoms with Crippen LogP contribution in [0.5, 0.6) is 0 Å². The zero-order valence-electron chi connectivity index (χ0n) is 15.4. The molecule has 6 nitrogen and oxygen atoms in total. The molecular formula is C19H29ClN4O2. The van der Waals surface area contributed by atoms with Crippen molar-refractivity contribution in [2.75, 3.05) is 26.2 Å². The molecule has 1 amide bonds. The fourth-order valence-corrected chi connectivity index (χ4v) is 4.23. The van der Waals surface area contributed by atoms with Crippen molar-refractivity contribution in [2.45, 2.75) is 44.0 Å². The van der Waals surface area contributed by atoms with Crippen LogP contribution >= 0.6 is 12.4 Å². The lowest BCUT2D eigenvalue weighted by Crippen LogP contribution is -2.61. The molecular weight excluding hydrogens is 352 g/mol. The number of carbonyl (C=O) groups is 1. The first-order chi connectivity index (χ1) is 12.1. The van der Waals surface area contributed by atoms with E-state index in [2.05, 4.69) is 42.1 Å². The predicted octanol–water partition coefficient (Wildman–Crippen LogP) is 1.24. The number of nitrogens with zero attached hydrogens (tertiary/aromatic N) is 1. The van der Waals surface area contributed by atoms with E-state index in [4.69, 9.17) is 4.74 Å². The lowest BCUT2D eigenvalue weighted by atomic mass is 9.87. The van der Waals surface area contributed by atoms with Gasteiger partial charge in [0.15, 0.2) is 0 Å². The molecule has 3 fully saturated rings. The Kier molecular flexibility index (Phi) is 5.89. The Bertz CT molecular complexity index is 627. The normalized spacial score (nSPS) is 33.2. The second kappa shape index (κ2) is 7.82. The second-order valence-corrected chi connectivity index (χ2v) is 8.00. The van der Waals surface area contributed by atoms with Crippen molar-refractivity contribution >= 4 is 18.3 Å². The van der Waals surface area contributed by atoms with Crippen molar-refractivity contribution in [1.29, 1.82) is 0 Å². The third-order valence-electron chi connectivity index (χ3n) is 5.80. The van der Waals surface area contributed by atoms with Gasteiger partial charge in [-0.3, -0.25) is 10.2 Å². The van der Waals surface area contributed by atoms with E-state index in [1.165, 1.54) is 0 Å². The first-order valence-corrected chi connectivity index (χ1v) is 9.26. The molecule has 0 spiro atoms. The highest BCUT2D eigenvalue weighted by Gasteiger charge is 2.47. The SMILES string of the molecule is CC1(C)COC(c2ccccc2)CN1C(=O)C1NNC2CCNCC21.Cl. The van der Waals surface area contributed by atoms with Crippen LogP contribution < -0.4 is 16.2 Å². The topological polar surface area (TPSA) is 65.6 Å². The van der Waals surface area contributed by atoms with E-state index < -0.39 is 0 Å². The van der Waals surface area contributed by atoms with Gasteiger partial charge in [-0.05, 0) is 32.4 Å². The number of hydrogen-bond acceptors (Lipinski definition) is 5. The van der Waals surface area contributed by atoms with E-state index in [0.29, 0.717) is 25.1 Å². The van der Waals surface area contributed by atoms with Crippen LogP contribution in [-0.4, -0.2) is 54.7 Å². The number of amides is 1. The second-order valence-electron chi connectivity index (χ2n) is 8.00. The van der Waals surface area contributed by atoms with Gasteiger partial charge in [-0.25, -0.2) is 5.43 Å². The quantitative estimate of drug-likeness (QED) is 0.720. The van der Waals surface area contributed by atoms with E-state index in [0.717, 1.165) is 25.1 Å². The number of morpholine rings is 1. The molecule has 26 heavy (non-hydrogen) atoms. The summed E-state index contributed by atoms with van der Waals surface area (Å²) in [6.45, 7) is 7.21. The van der Waals surface area contributed by atoms with Crippen molar-refractivity contribution in [1.82, 2.24) is 21.1 Å². The summed E-state index contributed by atoms with van der Waals surface area (Å²) < 4.78 is 6.09. The van der Waals surface area contributed by atoms with Crippen molar-refractivity contribution in [3.8, 4) is 0 Å². The molecule has 0 bridgehead atoms. The van der Waals surface area contributed by atoms with Gasteiger partial charge in [-0.1, -0.05) is 30.3 Å². The molecule has 4 rings (SSSR count). The molecule has 0 aromatic heterocycles. The predicted molar refractivity (Wildman–Crippen MR) is 103 cm³/mol. The van der Waals surface area contributed by atoms with Crippen LogP contribution in [0.3, 0.4) is 0 Å². The number of ether oxygens (including phenoxy) is 1. The minimum Gasteiger partial charge on any atom is -0.369 e. The van der Waals surface area contributed by atoms with Crippen molar-refractivity contribution in [2.24, 2.45) is 5.92 Å². The molecule has 1 aromatic carbocycles. The number of fused-ring (bicyclic) bond motifs is 1. The van der Waals surface area contributed by atoms with Gasteiger partial charge in [0.1, 0.15) is 12.1 Å². The number of hydrazine groups is 1. The Balaban J connectivity index is 0.00000196. The van der Waals surface area contributed by atoms with Crippen LogP contribution in [0.2, 0.25) is 0 Å². The van der Waals surface area contributed by atoms with Gasteiger partial charge in [-0.2, -0.15) is 0 Å². The molecule has 1 aromatic rings. The number of benzene rings is 1. The summed E-state index contributed by atoms with van der Waals surface area (Å²) in [6, 6.07) is 10.4. The highest BCUT2D eigenvalue weighted by atomic mass is 35.5. The van der Waals surface area contributed by atoms with Crippen molar-refractivity contribution in [3.63, 3.8) is 0 Å². The number of nitrogens with one attached hydrogen (secondary N) is 3. The van der Waals surface area contributed by atoms with Gasteiger partial charge in [0.25, 0.3) is 0 Å². The third kappa shape index (κ3) is 3.62. The van der Waals surface area contributed by atoms with E-state index in [-0.39, 0.29) is 36.0 Å². The molecule has 3 N–H and O–H groups in total. The van der Waals surface area contributed by atoms with Crippen LogP contribution in [0.4, 0.5) is 0 Å². The zero-order valence-corrected chi connectivity index (χ0v) is 16.2. The number of hydrogen-bond donors (Lipinski definition) is 3. The fourth-order valence-electron chi connectivity index (χ4n) is 4.23. The number of halogens is 1. The molecule has 0 radical (unpaired) electrons. The maximum absolute atomic E-state index is 13.4. The summed E-state index contributed by atoms with van der Waals surface area (Å²) in [6.07, 6.45) is 0.994. The molecule has 4 atom stereocenters. The van der Waals surface area contributed by atoms with Crippen LogP contribution in [0, 0.1) is 5.92 Å². The zero-order chi connectivity index (χ0) is 17.4. The molecule has 0 aliphatic carbocycles. The fraction of sp³-hybridized carbons (Fsp3) is 0.632. The first-order valence-electron chi connectivity index (χ1n) is 9.26. The van der Waals surface area contributed by atoms with Gasteiger partial charge >= 0.3 is 0 Å². The van der Waals surface area contributed by atoms with Crippen LogP contribution in [0.25, 0.3) is 0 Å². The van der Waals surface area contributed by atoms with Gasteiger partial charge < -0.3 is 15.0 Å². The molecule has 4 unspecified atom stereocenters. The molecule has 144 valence electrons. The smallest absolute Gasteiger partial charge is 0.242 e. The first kappa shape index (κ1) is 19.6. The summed E-state index contributed by atoms with van der Waals surface area (Å²) in [5.74, 6) is 0.480. The van der Waals surface area contributed by atoms with Crippen molar-refractivity contribution in [3.05, 3.63) is 35.9 Å². The molecule has 3 saturated heterocycles. The lowest BCUT2D eigenvalue weighted by Gasteiger charge is -2.47. The summed E-state index contributed by atoms with van der Waals surface area (Å²) in [5, 5.41) is 3.42. The monoisotopic (exact) mass is 380 g/mol. The molecule has 3 aliphatic heterocycles. The molecule has 3 heterocycles. The van der Waals surface area contributed by atoms with Gasteiger partial charge in [-0.15, -0.1) is 12.4 Å². The Hall–Kier alpha value is -1.18. The van der Waals surface area contributed by atoms with E-state index in [1.807, 2.05) is 23.1 Å². The third-order valence-corrected chi connectivity index (χ3v) is 5.80. The standard InChI is InChI=1S/C19H28N4O2.ClH/c1-19(2)12-25-16(13-6-4-3-5-7-13)11-23(19)18(24)17-14-10-20-9-8-15(14)21-22-17;/h3-7,14-17,20-22H,8-12H2,1-2H3;1H. The van der Waals surface area contributed by atoms with Gasteiger partial charge in [0.05, 0.1) is 18.7 Å². The number of piperidine rings is 1. The molecule has 7 heteroatoms. The Morgan fingerprint density at radius 3 is 2.77 bits per heavy atom. The Morgan fingerprint density at radius 1 is 1.23 bits per heavy atom. The average Bonchev–Trinajstić information content (AvgIpc) is 3.06. The van der Waals surface area contributed by atoms with E-state index in [1.54, 1.807) is 0 Å². The lowest BCUT2D eigenvalue weighted by molar-refractivity contribution is -0.157. The highest BCUT2D eigenvalue weighted by Crippen LogP contribution is 2.32.